The van der Waals surface area contributed by atoms with Gasteiger partial charge in [0.2, 0.25) is 5.89 Å². The average molecular weight is 330 g/mol. The summed E-state index contributed by atoms with van der Waals surface area (Å²) in [6.07, 6.45) is 1.45. The molecule has 1 amide bonds. The lowest BCUT2D eigenvalue weighted by molar-refractivity contribution is 0.0956. The molecule has 0 aromatic carbocycles. The number of nitrogens with one attached hydrogen (secondary N) is 1. The molecule has 0 unspecified atom stereocenters. The van der Waals surface area contributed by atoms with Crippen molar-refractivity contribution in [3.63, 3.8) is 0 Å². The van der Waals surface area contributed by atoms with E-state index >= 15 is 0 Å². The molecular weight excluding hydrogens is 318 g/mol. The Morgan fingerprint density at radius 1 is 1.61 bits per heavy atom. The Labute approximate surface area is 117 Å². The molecule has 0 saturated heterocycles. The van der Waals surface area contributed by atoms with Crippen molar-refractivity contribution in [1.29, 1.82) is 0 Å². The van der Waals surface area contributed by atoms with Crippen molar-refractivity contribution in [2.75, 3.05) is 6.54 Å². The van der Waals surface area contributed by atoms with Gasteiger partial charge in [0.25, 0.3) is 5.91 Å². The summed E-state index contributed by atoms with van der Waals surface area (Å²) in [5.74, 6) is 1.19. The molecule has 2 aromatic rings. The van der Waals surface area contributed by atoms with E-state index in [9.17, 15) is 4.79 Å². The van der Waals surface area contributed by atoms with E-state index in [1.807, 2.05) is 11.4 Å². The third-order valence-electron chi connectivity index (χ3n) is 2.25. The Balaban J connectivity index is 1.73. The zero-order valence-electron chi connectivity index (χ0n) is 9.77. The van der Waals surface area contributed by atoms with Crippen molar-refractivity contribution in [1.82, 2.24) is 15.5 Å². The first kappa shape index (κ1) is 13.2. The molecular formula is C11H12BrN3O2S. The van der Waals surface area contributed by atoms with E-state index in [4.69, 9.17) is 4.52 Å². The average Bonchev–Trinajstić information content (AvgIpc) is 2.93. The van der Waals surface area contributed by atoms with Crippen LogP contribution in [0.25, 0.3) is 0 Å². The molecule has 18 heavy (non-hydrogen) atoms. The molecule has 0 aliphatic heterocycles. The van der Waals surface area contributed by atoms with Crippen LogP contribution < -0.4 is 5.32 Å². The molecule has 0 radical (unpaired) electrons. The molecule has 1 N–H and O–H groups in total. The minimum absolute atomic E-state index is 0.0569. The van der Waals surface area contributed by atoms with Gasteiger partial charge in [0, 0.05) is 17.4 Å². The van der Waals surface area contributed by atoms with Crippen molar-refractivity contribution >= 4 is 33.2 Å². The maximum absolute atomic E-state index is 11.8. The van der Waals surface area contributed by atoms with Crippen molar-refractivity contribution in [2.45, 2.75) is 19.8 Å². The minimum atomic E-state index is -0.0569. The molecule has 96 valence electrons. The number of nitrogens with zero attached hydrogens (tertiary/aromatic N) is 2. The number of halogens is 1. The van der Waals surface area contributed by atoms with Gasteiger partial charge >= 0.3 is 0 Å². The van der Waals surface area contributed by atoms with Gasteiger partial charge < -0.3 is 9.84 Å². The van der Waals surface area contributed by atoms with Crippen molar-refractivity contribution in [3.05, 3.63) is 32.5 Å². The second-order valence-corrected chi connectivity index (χ2v) is 5.46. The SMILES string of the molecule is Cc1noc(CCCNC(=O)c2sccc2Br)n1. The predicted octanol–water partition coefficient (Wildman–Crippen LogP) is 2.56. The van der Waals surface area contributed by atoms with E-state index in [1.54, 1.807) is 6.92 Å². The summed E-state index contributed by atoms with van der Waals surface area (Å²) in [6.45, 7) is 2.37. The van der Waals surface area contributed by atoms with Crippen LogP contribution in [0.5, 0.6) is 0 Å². The lowest BCUT2D eigenvalue weighted by atomic mass is 10.3. The van der Waals surface area contributed by atoms with Crippen LogP contribution in [-0.4, -0.2) is 22.6 Å². The Morgan fingerprint density at radius 2 is 2.44 bits per heavy atom. The van der Waals surface area contributed by atoms with Crippen molar-refractivity contribution in [3.8, 4) is 0 Å². The summed E-state index contributed by atoms with van der Waals surface area (Å²) < 4.78 is 5.81. The van der Waals surface area contributed by atoms with Crippen LogP contribution in [0, 0.1) is 6.92 Å². The number of amides is 1. The van der Waals surface area contributed by atoms with Crippen LogP contribution in [0.15, 0.2) is 20.4 Å². The first-order valence-electron chi connectivity index (χ1n) is 5.47. The van der Waals surface area contributed by atoms with Crippen LogP contribution in [0.1, 0.15) is 27.8 Å². The standard InChI is InChI=1S/C11H12BrN3O2S/c1-7-14-9(17-15-7)3-2-5-13-11(16)10-8(12)4-6-18-10/h4,6H,2-3,5H2,1H3,(H,13,16). The second-order valence-electron chi connectivity index (χ2n) is 3.69. The number of thiophene rings is 1. The molecule has 0 aliphatic rings. The molecule has 2 rings (SSSR count). The van der Waals surface area contributed by atoms with E-state index in [1.165, 1.54) is 11.3 Å². The smallest absolute Gasteiger partial charge is 0.262 e. The van der Waals surface area contributed by atoms with Gasteiger partial charge in [-0.15, -0.1) is 11.3 Å². The molecule has 0 atom stereocenters. The van der Waals surface area contributed by atoms with Crippen molar-refractivity contribution < 1.29 is 9.32 Å². The van der Waals surface area contributed by atoms with Crippen LogP contribution >= 0.6 is 27.3 Å². The molecule has 7 heteroatoms. The van der Waals surface area contributed by atoms with Gasteiger partial charge in [-0.25, -0.2) is 0 Å². The summed E-state index contributed by atoms with van der Waals surface area (Å²) in [6, 6.07) is 1.86. The lowest BCUT2D eigenvalue weighted by Gasteiger charge is -2.02. The third-order valence-corrected chi connectivity index (χ3v) is 4.08. The number of aryl methyl sites for hydroxylation is 2. The highest BCUT2D eigenvalue weighted by Gasteiger charge is 2.10. The van der Waals surface area contributed by atoms with Crippen LogP contribution in [0.2, 0.25) is 0 Å². The maximum atomic E-state index is 11.8. The second kappa shape index (κ2) is 6.10. The van der Waals surface area contributed by atoms with E-state index in [2.05, 4.69) is 31.4 Å². The zero-order valence-corrected chi connectivity index (χ0v) is 12.2. The highest BCUT2D eigenvalue weighted by molar-refractivity contribution is 9.10. The number of hydrogen-bond acceptors (Lipinski definition) is 5. The predicted molar refractivity (Wildman–Crippen MR) is 71.7 cm³/mol. The first-order chi connectivity index (χ1) is 8.66. The van der Waals surface area contributed by atoms with Gasteiger partial charge in [-0.1, -0.05) is 5.16 Å². The Hall–Kier alpha value is -1.21. The van der Waals surface area contributed by atoms with Gasteiger partial charge in [0.05, 0.1) is 0 Å². The molecule has 0 aliphatic carbocycles. The van der Waals surface area contributed by atoms with E-state index in [0.717, 1.165) is 10.9 Å². The molecule has 0 spiro atoms. The molecule has 0 saturated carbocycles. The lowest BCUT2D eigenvalue weighted by Crippen LogP contribution is -2.24. The highest BCUT2D eigenvalue weighted by atomic mass is 79.9. The largest absolute Gasteiger partial charge is 0.351 e. The van der Waals surface area contributed by atoms with E-state index < -0.39 is 0 Å². The minimum Gasteiger partial charge on any atom is -0.351 e. The molecule has 2 heterocycles. The van der Waals surface area contributed by atoms with Crippen LogP contribution in [-0.2, 0) is 6.42 Å². The molecule has 5 nitrogen and oxygen atoms in total. The van der Waals surface area contributed by atoms with Crippen molar-refractivity contribution in [2.24, 2.45) is 0 Å². The number of hydrogen-bond donors (Lipinski definition) is 1. The maximum Gasteiger partial charge on any atom is 0.262 e. The fraction of sp³-hybridized carbons (Fsp3) is 0.364. The normalized spacial score (nSPS) is 10.6. The third kappa shape index (κ3) is 3.39. The molecule has 0 bridgehead atoms. The summed E-state index contributed by atoms with van der Waals surface area (Å²) in [5.41, 5.74) is 0. The molecule has 2 aromatic heterocycles. The summed E-state index contributed by atoms with van der Waals surface area (Å²) in [5, 5.41) is 8.43. The summed E-state index contributed by atoms with van der Waals surface area (Å²) >= 11 is 4.75. The van der Waals surface area contributed by atoms with Gasteiger partial charge in [-0.2, -0.15) is 4.98 Å². The topological polar surface area (TPSA) is 68.0 Å². The number of rotatable bonds is 5. The van der Waals surface area contributed by atoms with Gasteiger partial charge in [0.15, 0.2) is 5.82 Å². The van der Waals surface area contributed by atoms with Crippen LogP contribution in [0.3, 0.4) is 0 Å². The Bertz CT molecular complexity index is 538. The number of carbonyl (C=O) groups is 1. The molecule has 0 fully saturated rings. The van der Waals surface area contributed by atoms with E-state index in [0.29, 0.717) is 29.6 Å². The number of carbonyl (C=O) groups excluding carboxylic acids is 1. The Kier molecular flexibility index (Phi) is 4.48. The fourth-order valence-corrected chi connectivity index (χ4v) is 2.89. The zero-order chi connectivity index (χ0) is 13.0. The van der Waals surface area contributed by atoms with E-state index in [-0.39, 0.29) is 5.91 Å². The van der Waals surface area contributed by atoms with Crippen LogP contribution in [0.4, 0.5) is 0 Å². The van der Waals surface area contributed by atoms with Gasteiger partial charge in [-0.05, 0) is 40.7 Å². The first-order valence-corrected chi connectivity index (χ1v) is 7.14. The highest BCUT2D eigenvalue weighted by Crippen LogP contribution is 2.22. The fourth-order valence-electron chi connectivity index (χ4n) is 1.42. The summed E-state index contributed by atoms with van der Waals surface area (Å²) in [4.78, 5) is 16.6. The monoisotopic (exact) mass is 329 g/mol. The Morgan fingerprint density at radius 3 is 3.06 bits per heavy atom. The quantitative estimate of drug-likeness (QED) is 0.856. The summed E-state index contributed by atoms with van der Waals surface area (Å²) in [7, 11) is 0. The van der Waals surface area contributed by atoms with Gasteiger partial charge in [-0.3, -0.25) is 4.79 Å². The van der Waals surface area contributed by atoms with Gasteiger partial charge in [0.1, 0.15) is 4.88 Å². The number of aromatic nitrogens is 2.